The van der Waals surface area contributed by atoms with Crippen LogP contribution in [0.5, 0.6) is 0 Å². The van der Waals surface area contributed by atoms with Crippen molar-refractivity contribution in [2.24, 2.45) is 5.92 Å². The van der Waals surface area contributed by atoms with Crippen molar-refractivity contribution in [1.82, 2.24) is 4.31 Å². The molecule has 0 aromatic heterocycles. The van der Waals surface area contributed by atoms with E-state index in [-0.39, 0.29) is 18.6 Å². The molecule has 21 heavy (non-hydrogen) atoms. The van der Waals surface area contributed by atoms with Gasteiger partial charge in [-0.1, -0.05) is 6.07 Å². The molecule has 1 aliphatic rings. The minimum absolute atomic E-state index is 0.0989. The van der Waals surface area contributed by atoms with E-state index in [2.05, 4.69) is 0 Å². The van der Waals surface area contributed by atoms with Crippen LogP contribution < -0.4 is 0 Å². The smallest absolute Gasteiger partial charge is 0.246 e. The van der Waals surface area contributed by atoms with E-state index in [4.69, 9.17) is 5.11 Å². The number of benzene rings is 1. The van der Waals surface area contributed by atoms with E-state index in [1.165, 1.54) is 13.1 Å². The lowest BCUT2D eigenvalue weighted by molar-refractivity contribution is 0.159. The minimum Gasteiger partial charge on any atom is -0.396 e. The molecule has 0 radical (unpaired) electrons. The molecule has 0 atom stereocenters. The molecule has 7 heteroatoms. The first-order valence-electron chi connectivity index (χ1n) is 6.90. The third kappa shape index (κ3) is 3.25. The van der Waals surface area contributed by atoms with Crippen LogP contribution in [0.3, 0.4) is 0 Å². The number of aliphatic hydroxyl groups is 1. The number of nitrogens with zero attached hydrogens (tertiary/aromatic N) is 1. The highest BCUT2D eigenvalue weighted by atomic mass is 32.2. The lowest BCUT2D eigenvalue weighted by atomic mass is 9.87. The van der Waals surface area contributed by atoms with Crippen LogP contribution in [-0.4, -0.2) is 37.5 Å². The van der Waals surface area contributed by atoms with Crippen LogP contribution in [-0.2, 0) is 10.0 Å². The predicted molar refractivity (Wildman–Crippen MR) is 74.1 cm³/mol. The molecule has 1 aromatic carbocycles. The number of rotatable bonds is 4. The summed E-state index contributed by atoms with van der Waals surface area (Å²) >= 11 is 0. The summed E-state index contributed by atoms with van der Waals surface area (Å²) in [7, 11) is -2.67. The molecule has 1 saturated carbocycles. The van der Waals surface area contributed by atoms with Crippen LogP contribution in [0.4, 0.5) is 8.78 Å². The van der Waals surface area contributed by atoms with Gasteiger partial charge in [0.25, 0.3) is 0 Å². The highest BCUT2D eigenvalue weighted by Crippen LogP contribution is 2.30. The number of halogens is 2. The molecule has 118 valence electrons. The molecule has 0 aliphatic heterocycles. The van der Waals surface area contributed by atoms with E-state index >= 15 is 0 Å². The molecular weight excluding hydrogens is 300 g/mol. The number of hydrogen-bond donors (Lipinski definition) is 1. The van der Waals surface area contributed by atoms with Crippen molar-refractivity contribution in [2.75, 3.05) is 13.7 Å². The Labute approximate surface area is 123 Å². The van der Waals surface area contributed by atoms with Gasteiger partial charge >= 0.3 is 0 Å². The van der Waals surface area contributed by atoms with Gasteiger partial charge in [0.05, 0.1) is 0 Å². The molecule has 0 amide bonds. The molecule has 0 spiro atoms. The Kier molecular flexibility index (Phi) is 4.95. The minimum atomic E-state index is -4.06. The van der Waals surface area contributed by atoms with Gasteiger partial charge in [0.2, 0.25) is 10.0 Å². The third-order valence-corrected chi connectivity index (χ3v) is 6.09. The third-order valence-electron chi connectivity index (χ3n) is 4.16. The van der Waals surface area contributed by atoms with Crippen LogP contribution in [0, 0.1) is 17.6 Å². The van der Waals surface area contributed by atoms with E-state index in [0.717, 1.165) is 29.3 Å². The number of hydrogen-bond acceptors (Lipinski definition) is 3. The largest absolute Gasteiger partial charge is 0.396 e. The predicted octanol–water partition coefficient (Wildman–Crippen LogP) is 2.14. The van der Waals surface area contributed by atoms with Crippen molar-refractivity contribution in [3.63, 3.8) is 0 Å². The van der Waals surface area contributed by atoms with Gasteiger partial charge in [-0.15, -0.1) is 0 Å². The fourth-order valence-corrected chi connectivity index (χ4v) is 4.21. The van der Waals surface area contributed by atoms with Crippen molar-refractivity contribution in [3.05, 3.63) is 29.8 Å². The molecule has 0 unspecified atom stereocenters. The number of aliphatic hydroxyl groups excluding tert-OH is 1. The lowest BCUT2D eigenvalue weighted by Gasteiger charge is -2.33. The molecular formula is C14H19F2NO3S. The van der Waals surface area contributed by atoms with Gasteiger partial charge in [-0.3, -0.25) is 0 Å². The Balaban J connectivity index is 2.21. The second-order valence-corrected chi connectivity index (χ2v) is 7.40. The Bertz CT molecular complexity index is 598. The summed E-state index contributed by atoms with van der Waals surface area (Å²) in [5.41, 5.74) is 0. The van der Waals surface area contributed by atoms with Gasteiger partial charge in [-0.2, -0.15) is 4.31 Å². The number of sulfonamides is 1. The average molecular weight is 319 g/mol. The SMILES string of the molecule is CN(C1CCC(CO)CC1)S(=O)(=O)c1cccc(F)c1F. The molecule has 1 aromatic rings. The molecule has 4 nitrogen and oxygen atoms in total. The van der Waals surface area contributed by atoms with Gasteiger partial charge in [0, 0.05) is 19.7 Å². The van der Waals surface area contributed by atoms with Gasteiger partial charge in [-0.25, -0.2) is 17.2 Å². The van der Waals surface area contributed by atoms with Crippen LogP contribution in [0.1, 0.15) is 25.7 Å². The van der Waals surface area contributed by atoms with Crippen LogP contribution in [0.15, 0.2) is 23.1 Å². The van der Waals surface area contributed by atoms with E-state index in [9.17, 15) is 17.2 Å². The Morgan fingerprint density at radius 3 is 2.43 bits per heavy atom. The highest BCUT2D eigenvalue weighted by Gasteiger charge is 2.33. The first-order valence-corrected chi connectivity index (χ1v) is 8.34. The molecule has 1 fully saturated rings. The van der Waals surface area contributed by atoms with Gasteiger partial charge in [0.1, 0.15) is 4.90 Å². The van der Waals surface area contributed by atoms with Crippen molar-refractivity contribution in [3.8, 4) is 0 Å². The second-order valence-electron chi connectivity index (χ2n) is 5.43. The maximum Gasteiger partial charge on any atom is 0.246 e. The van der Waals surface area contributed by atoms with E-state index < -0.39 is 26.6 Å². The standard InChI is InChI=1S/C14H19F2NO3S/c1-17(11-7-5-10(9-18)6-8-11)21(19,20)13-4-2-3-12(15)14(13)16/h2-4,10-11,18H,5-9H2,1H3. The normalized spacial score (nSPS) is 23.5. The molecule has 0 saturated heterocycles. The van der Waals surface area contributed by atoms with Crippen molar-refractivity contribution < 1.29 is 22.3 Å². The molecule has 1 N–H and O–H groups in total. The van der Waals surface area contributed by atoms with Crippen molar-refractivity contribution in [2.45, 2.75) is 36.6 Å². The Hall–Kier alpha value is -1.05. The molecule has 0 bridgehead atoms. The van der Waals surface area contributed by atoms with E-state index in [1.54, 1.807) is 0 Å². The zero-order valence-corrected chi connectivity index (χ0v) is 12.6. The monoisotopic (exact) mass is 319 g/mol. The Morgan fingerprint density at radius 2 is 1.86 bits per heavy atom. The maximum absolute atomic E-state index is 13.7. The van der Waals surface area contributed by atoms with Crippen molar-refractivity contribution in [1.29, 1.82) is 0 Å². The summed E-state index contributed by atoms with van der Waals surface area (Å²) in [6.45, 7) is 0.0989. The molecule has 2 rings (SSSR count). The van der Waals surface area contributed by atoms with Gasteiger partial charge in [-0.05, 0) is 43.7 Å². The summed E-state index contributed by atoms with van der Waals surface area (Å²) < 4.78 is 52.9. The quantitative estimate of drug-likeness (QED) is 0.925. The van der Waals surface area contributed by atoms with Crippen LogP contribution in [0.25, 0.3) is 0 Å². The van der Waals surface area contributed by atoms with E-state index in [0.29, 0.717) is 12.8 Å². The Morgan fingerprint density at radius 1 is 1.24 bits per heavy atom. The maximum atomic E-state index is 13.7. The summed E-state index contributed by atoms with van der Waals surface area (Å²) in [4.78, 5) is -0.630. The first-order chi connectivity index (χ1) is 9.87. The summed E-state index contributed by atoms with van der Waals surface area (Å²) in [5.74, 6) is -2.31. The average Bonchev–Trinajstić information content (AvgIpc) is 2.49. The summed E-state index contributed by atoms with van der Waals surface area (Å²) in [6.07, 6.45) is 2.68. The fraction of sp³-hybridized carbons (Fsp3) is 0.571. The first kappa shape index (κ1) is 16.3. The van der Waals surface area contributed by atoms with Crippen LogP contribution >= 0.6 is 0 Å². The van der Waals surface area contributed by atoms with Crippen molar-refractivity contribution >= 4 is 10.0 Å². The van der Waals surface area contributed by atoms with Gasteiger partial charge in [0.15, 0.2) is 11.6 Å². The van der Waals surface area contributed by atoms with Gasteiger partial charge < -0.3 is 5.11 Å². The zero-order valence-electron chi connectivity index (χ0n) is 11.8. The topological polar surface area (TPSA) is 57.6 Å². The fourth-order valence-electron chi connectivity index (χ4n) is 2.73. The second kappa shape index (κ2) is 6.37. The lowest BCUT2D eigenvalue weighted by Crippen LogP contribution is -2.40. The molecule has 1 aliphatic carbocycles. The molecule has 0 heterocycles. The summed E-state index contributed by atoms with van der Waals surface area (Å²) in [6, 6.07) is 2.90. The summed E-state index contributed by atoms with van der Waals surface area (Å²) in [5, 5.41) is 9.10. The highest BCUT2D eigenvalue weighted by molar-refractivity contribution is 7.89. The van der Waals surface area contributed by atoms with Crippen LogP contribution in [0.2, 0.25) is 0 Å². The van der Waals surface area contributed by atoms with E-state index in [1.807, 2.05) is 0 Å². The zero-order chi connectivity index (χ0) is 15.6.